The van der Waals surface area contributed by atoms with Crippen molar-refractivity contribution in [2.45, 2.75) is 106 Å². The maximum absolute atomic E-state index is 13.4. The minimum atomic E-state index is -2.54. The molecule has 0 aliphatic carbocycles. The fourth-order valence-electron chi connectivity index (χ4n) is 6.81. The molecule has 0 aromatic heterocycles. The van der Waals surface area contributed by atoms with E-state index in [0.29, 0.717) is 0 Å². The van der Waals surface area contributed by atoms with Gasteiger partial charge < -0.3 is 52.7 Å². The summed E-state index contributed by atoms with van der Waals surface area (Å²) in [6.07, 6.45) is -9.95. The molecular formula is C44H50Cl3NO14. The Morgan fingerprint density at radius 2 is 1.13 bits per heavy atom. The highest BCUT2D eigenvalue weighted by atomic mass is 35.6. The Morgan fingerprint density at radius 1 is 0.629 bits per heavy atom. The predicted molar refractivity (Wildman–Crippen MR) is 224 cm³/mol. The Bertz CT molecular complexity index is 1890. The van der Waals surface area contributed by atoms with Gasteiger partial charge in [-0.2, -0.15) is 0 Å². The number of halogens is 3. The molecule has 2 aliphatic heterocycles. The van der Waals surface area contributed by atoms with Gasteiger partial charge in [0.2, 0.25) is 0 Å². The Morgan fingerprint density at radius 3 is 1.65 bits per heavy atom. The lowest BCUT2D eigenvalue weighted by molar-refractivity contribution is -0.363. The van der Waals surface area contributed by atoms with Gasteiger partial charge in [0.15, 0.2) is 24.8 Å². The molecule has 0 saturated carbocycles. The van der Waals surface area contributed by atoms with E-state index in [0.717, 1.165) is 37.5 Å². The molecule has 5 rings (SSSR count). The number of esters is 3. The van der Waals surface area contributed by atoms with Gasteiger partial charge in [-0.25, -0.2) is 0 Å². The molecule has 2 fully saturated rings. The molecule has 336 valence electrons. The highest BCUT2D eigenvalue weighted by molar-refractivity contribution is 6.76. The van der Waals surface area contributed by atoms with Crippen molar-refractivity contribution in [1.82, 2.24) is 5.32 Å². The van der Waals surface area contributed by atoms with E-state index in [-0.39, 0.29) is 33.0 Å². The summed E-state index contributed by atoms with van der Waals surface area (Å²) in [5.41, 5.74) is 2.58. The number of carbonyl (C=O) groups excluding carboxylic acids is 4. The molecule has 18 heteroatoms. The van der Waals surface area contributed by atoms with Gasteiger partial charge in [-0.1, -0.05) is 132 Å². The third kappa shape index (κ3) is 14.7. The quantitative estimate of drug-likeness (QED) is 0.0634. The van der Waals surface area contributed by atoms with Crippen molar-refractivity contribution in [1.29, 1.82) is 0 Å². The van der Waals surface area contributed by atoms with Gasteiger partial charge >= 0.3 is 17.9 Å². The van der Waals surface area contributed by atoms with Crippen molar-refractivity contribution >= 4 is 58.6 Å². The molecule has 2 heterocycles. The van der Waals surface area contributed by atoms with Crippen LogP contribution < -0.4 is 5.32 Å². The van der Waals surface area contributed by atoms with E-state index in [9.17, 15) is 19.2 Å². The molecule has 0 unspecified atom stereocenters. The van der Waals surface area contributed by atoms with E-state index >= 15 is 0 Å². The fourth-order valence-corrected chi connectivity index (χ4v) is 6.97. The van der Waals surface area contributed by atoms with Gasteiger partial charge in [0.25, 0.3) is 9.70 Å². The van der Waals surface area contributed by atoms with E-state index in [2.05, 4.69) is 11.9 Å². The number of amides is 1. The highest BCUT2D eigenvalue weighted by Crippen LogP contribution is 2.36. The third-order valence-corrected chi connectivity index (χ3v) is 10.00. The second-order valence-corrected chi connectivity index (χ2v) is 16.6. The molecular weight excluding hydrogens is 873 g/mol. The Hall–Kier alpha value is -4.13. The highest BCUT2D eigenvalue weighted by Gasteiger charge is 2.56. The Balaban J connectivity index is 1.60. The average molecular weight is 923 g/mol. The summed E-state index contributed by atoms with van der Waals surface area (Å²) in [6, 6.07) is 26.8. The maximum atomic E-state index is 13.4. The summed E-state index contributed by atoms with van der Waals surface area (Å²) in [7, 11) is 0. The van der Waals surface area contributed by atoms with E-state index in [1.807, 2.05) is 91.0 Å². The lowest BCUT2D eigenvalue weighted by Gasteiger charge is -2.50. The molecule has 15 nitrogen and oxygen atoms in total. The lowest BCUT2D eigenvalue weighted by Crippen LogP contribution is -2.70. The van der Waals surface area contributed by atoms with Crippen LogP contribution in [0.2, 0.25) is 0 Å². The number of benzene rings is 3. The standard InChI is InChI=1S/C44H50Cl3NO14/c1-5-21-54-42-40(62-41-35(48-43(52)44(45,46)47)38(59-29(4)51)37(58-28(3)50)34(60-41)26-55-27(2)49)39(57-24-32-19-13-8-14-20-32)36(56-23-31-17-11-7-12-18-31)33(61-42)25-53-22-30-15-9-6-10-16-30/h5-20,33-42H,1,21-26H2,2-4H3,(H,48,52)/t33-,34-,35+,36-,37-,38+,39+,40-,41-,42-/m1/s1. The first-order chi connectivity index (χ1) is 29.7. The SMILES string of the molecule is C=CCO[C@@H]1O[C@H](COCc2ccccc2)[C@@H](OCc2ccccc2)[C@H](OCc2ccccc2)[C@H]1O[C@H]1O[C@H](COC(C)=O)[C@@H](OC(C)=O)[C@@H](OC(C)=O)[C@@H]1NC(=O)C(Cl)(Cl)Cl. The molecule has 3 aromatic rings. The fraction of sp³-hybridized carbons (Fsp3) is 0.455. The van der Waals surface area contributed by atoms with E-state index in [1.165, 1.54) is 6.08 Å². The van der Waals surface area contributed by atoms with Crippen LogP contribution >= 0.6 is 34.8 Å². The smallest absolute Gasteiger partial charge is 0.303 e. The normalized spacial score (nSPS) is 26.2. The molecule has 1 N–H and O–H groups in total. The number of rotatable bonds is 20. The summed E-state index contributed by atoms with van der Waals surface area (Å²) < 4.78 is 59.8. The van der Waals surface area contributed by atoms with Crippen LogP contribution in [-0.4, -0.2) is 109 Å². The first-order valence-corrected chi connectivity index (χ1v) is 20.8. The summed E-state index contributed by atoms with van der Waals surface area (Å²) in [5.74, 6) is -3.54. The number of ether oxygens (including phenoxy) is 10. The molecule has 2 aliphatic rings. The predicted octanol–water partition coefficient (Wildman–Crippen LogP) is 5.69. The van der Waals surface area contributed by atoms with Crippen molar-refractivity contribution in [3.63, 3.8) is 0 Å². The summed E-state index contributed by atoms with van der Waals surface area (Å²) >= 11 is 18.1. The van der Waals surface area contributed by atoms with Crippen LogP contribution in [0.1, 0.15) is 37.5 Å². The molecule has 62 heavy (non-hydrogen) atoms. The minimum absolute atomic E-state index is 0.0190. The zero-order valence-electron chi connectivity index (χ0n) is 34.3. The second-order valence-electron chi connectivity index (χ2n) is 14.3. The van der Waals surface area contributed by atoms with E-state index in [1.54, 1.807) is 0 Å². The molecule has 2 saturated heterocycles. The Kier molecular flexibility index (Phi) is 19.0. The van der Waals surface area contributed by atoms with Crippen LogP contribution in [0.25, 0.3) is 0 Å². The Labute approximate surface area is 375 Å². The number of nitrogens with one attached hydrogen (secondary N) is 1. The number of hydrogen-bond acceptors (Lipinski definition) is 14. The van der Waals surface area contributed by atoms with Crippen LogP contribution in [0, 0.1) is 0 Å². The summed E-state index contributed by atoms with van der Waals surface area (Å²) in [6.45, 7) is 7.08. The first kappa shape index (κ1) is 48.9. The maximum Gasteiger partial charge on any atom is 0.303 e. The van der Waals surface area contributed by atoms with E-state index < -0.39 is 95.6 Å². The topological polar surface area (TPSA) is 173 Å². The van der Waals surface area contributed by atoms with Crippen molar-refractivity contribution in [3.8, 4) is 0 Å². The number of hydrogen-bond donors (Lipinski definition) is 1. The van der Waals surface area contributed by atoms with Crippen molar-refractivity contribution in [2.24, 2.45) is 0 Å². The van der Waals surface area contributed by atoms with Crippen LogP contribution in [0.4, 0.5) is 0 Å². The molecule has 10 atom stereocenters. The molecule has 0 radical (unpaired) electrons. The van der Waals surface area contributed by atoms with Crippen molar-refractivity contribution in [3.05, 3.63) is 120 Å². The summed E-state index contributed by atoms with van der Waals surface area (Å²) in [5, 5.41) is 2.53. The molecule has 0 spiro atoms. The molecule has 0 bridgehead atoms. The average Bonchev–Trinajstić information content (AvgIpc) is 3.24. The number of carbonyl (C=O) groups is 4. The zero-order chi connectivity index (χ0) is 44.6. The lowest BCUT2D eigenvalue weighted by atomic mass is 9.94. The van der Waals surface area contributed by atoms with Crippen LogP contribution in [0.3, 0.4) is 0 Å². The summed E-state index contributed by atoms with van der Waals surface area (Å²) in [4.78, 5) is 50.7. The van der Waals surface area contributed by atoms with Gasteiger partial charge in [-0.3, -0.25) is 19.2 Å². The van der Waals surface area contributed by atoms with Gasteiger partial charge in [-0.05, 0) is 16.7 Å². The van der Waals surface area contributed by atoms with E-state index in [4.69, 9.17) is 82.2 Å². The molecule has 3 aromatic carbocycles. The first-order valence-electron chi connectivity index (χ1n) is 19.7. The van der Waals surface area contributed by atoms with Gasteiger partial charge in [0.05, 0.1) is 33.0 Å². The van der Waals surface area contributed by atoms with Crippen LogP contribution in [0.5, 0.6) is 0 Å². The van der Waals surface area contributed by atoms with Crippen molar-refractivity contribution in [2.75, 3.05) is 19.8 Å². The van der Waals surface area contributed by atoms with Gasteiger partial charge in [0, 0.05) is 20.8 Å². The third-order valence-electron chi connectivity index (χ3n) is 9.48. The molecule has 1 amide bonds. The minimum Gasteiger partial charge on any atom is -0.463 e. The van der Waals surface area contributed by atoms with Crippen molar-refractivity contribution < 1.29 is 66.5 Å². The monoisotopic (exact) mass is 921 g/mol. The largest absolute Gasteiger partial charge is 0.463 e. The zero-order valence-corrected chi connectivity index (χ0v) is 36.6. The van der Waals surface area contributed by atoms with Gasteiger partial charge in [-0.15, -0.1) is 6.58 Å². The van der Waals surface area contributed by atoms with Gasteiger partial charge in [0.1, 0.15) is 43.2 Å². The van der Waals surface area contributed by atoms with Crippen LogP contribution in [-0.2, 0) is 86.4 Å². The van der Waals surface area contributed by atoms with Crippen LogP contribution in [0.15, 0.2) is 104 Å². The second kappa shape index (κ2) is 24.1. The number of alkyl halides is 3.